The van der Waals surface area contributed by atoms with Gasteiger partial charge in [0.1, 0.15) is 5.69 Å². The number of hydrogen-bond acceptors (Lipinski definition) is 5. The number of rotatable bonds is 4. The first-order chi connectivity index (χ1) is 10.7. The van der Waals surface area contributed by atoms with Crippen molar-refractivity contribution in [1.29, 1.82) is 0 Å². The third kappa shape index (κ3) is 3.12. The third-order valence-corrected chi connectivity index (χ3v) is 3.40. The smallest absolute Gasteiger partial charge is 0.299 e. The molecule has 110 valence electrons. The quantitative estimate of drug-likeness (QED) is 0.581. The highest BCUT2D eigenvalue weighted by atomic mass is 32.2. The van der Waals surface area contributed by atoms with Crippen molar-refractivity contribution < 1.29 is 12.6 Å². The molecule has 0 aliphatic heterocycles. The Morgan fingerprint density at radius 2 is 1.50 bits per heavy atom. The molecule has 0 aliphatic carbocycles. The van der Waals surface area contributed by atoms with Crippen LogP contribution in [0.5, 0.6) is 5.75 Å². The Hall–Kier alpha value is -2.73. The first-order valence-electron chi connectivity index (χ1n) is 6.55. The maximum atomic E-state index is 10.9. The Bertz CT molecular complexity index is 898. The molecule has 0 heterocycles. The van der Waals surface area contributed by atoms with Crippen LogP contribution in [0.4, 0.5) is 11.4 Å². The zero-order valence-corrected chi connectivity index (χ0v) is 12.3. The summed E-state index contributed by atoms with van der Waals surface area (Å²) in [6.07, 6.45) is 0. The van der Waals surface area contributed by atoms with Crippen molar-refractivity contribution >= 4 is 33.1 Å². The number of fused-ring (bicyclic) bond motifs is 1. The molecule has 0 atom stereocenters. The summed E-state index contributed by atoms with van der Waals surface area (Å²) in [5.41, 5.74) is 1.06. The standard InChI is InChI=1S/C16H12N2O3S/c19-22(20)21-15-11-10-12-6-4-5-9-14(12)16(15)18-17-13-7-2-1-3-8-13/h1-11,22H. The van der Waals surface area contributed by atoms with E-state index in [0.29, 0.717) is 11.4 Å². The predicted octanol–water partition coefficient (Wildman–Crippen LogP) is 4.16. The van der Waals surface area contributed by atoms with E-state index in [-0.39, 0.29) is 5.75 Å². The second-order valence-corrected chi connectivity index (χ2v) is 5.11. The van der Waals surface area contributed by atoms with Crippen molar-refractivity contribution in [1.82, 2.24) is 0 Å². The van der Waals surface area contributed by atoms with Crippen LogP contribution in [0, 0.1) is 0 Å². The minimum Gasteiger partial charge on any atom is -0.382 e. The first-order valence-corrected chi connectivity index (χ1v) is 7.64. The van der Waals surface area contributed by atoms with Gasteiger partial charge in [-0.1, -0.05) is 48.5 Å². The van der Waals surface area contributed by atoms with Crippen molar-refractivity contribution in [2.45, 2.75) is 0 Å². The molecule has 5 nitrogen and oxygen atoms in total. The molecule has 3 rings (SSSR count). The van der Waals surface area contributed by atoms with Crippen LogP contribution in [0.25, 0.3) is 10.8 Å². The molecule has 3 aromatic carbocycles. The molecule has 0 bridgehead atoms. The fraction of sp³-hybridized carbons (Fsp3) is 0. The van der Waals surface area contributed by atoms with E-state index < -0.39 is 11.0 Å². The Labute approximate surface area is 129 Å². The molecule has 0 amide bonds. The van der Waals surface area contributed by atoms with Crippen molar-refractivity contribution in [3.8, 4) is 5.75 Å². The molecular formula is C16H12N2O3S. The maximum absolute atomic E-state index is 10.9. The molecule has 6 heteroatoms. The van der Waals surface area contributed by atoms with Gasteiger partial charge in [-0.2, -0.15) is 13.5 Å². The third-order valence-electron chi connectivity index (χ3n) is 3.06. The minimum atomic E-state index is -3.01. The number of hydrogen-bond donors (Lipinski definition) is 1. The van der Waals surface area contributed by atoms with Crippen molar-refractivity contribution in [2.24, 2.45) is 10.2 Å². The fourth-order valence-corrected chi connectivity index (χ4v) is 2.40. The molecule has 0 aromatic heterocycles. The first kappa shape index (κ1) is 14.2. The molecule has 0 radical (unpaired) electrons. The second kappa shape index (κ2) is 6.36. The van der Waals surface area contributed by atoms with Crippen LogP contribution < -0.4 is 4.18 Å². The van der Waals surface area contributed by atoms with Crippen molar-refractivity contribution in [3.05, 3.63) is 66.7 Å². The number of nitrogens with zero attached hydrogens (tertiary/aromatic N) is 2. The molecule has 0 fully saturated rings. The van der Waals surface area contributed by atoms with Gasteiger partial charge in [0.05, 0.1) is 5.69 Å². The molecule has 0 saturated heterocycles. The Morgan fingerprint density at radius 3 is 2.27 bits per heavy atom. The van der Waals surface area contributed by atoms with Crippen LogP contribution in [0.1, 0.15) is 0 Å². The summed E-state index contributed by atoms with van der Waals surface area (Å²) in [5, 5.41) is 10.0. The molecular weight excluding hydrogens is 300 g/mol. The van der Waals surface area contributed by atoms with Crippen LogP contribution in [0.2, 0.25) is 0 Å². The van der Waals surface area contributed by atoms with Gasteiger partial charge in [0.15, 0.2) is 5.75 Å². The lowest BCUT2D eigenvalue weighted by atomic mass is 10.1. The highest BCUT2D eigenvalue weighted by Gasteiger charge is 2.09. The Morgan fingerprint density at radius 1 is 0.773 bits per heavy atom. The van der Waals surface area contributed by atoms with Crippen LogP contribution in [0.15, 0.2) is 77.0 Å². The summed E-state index contributed by atoms with van der Waals surface area (Å²) in [6, 6.07) is 20.1. The average molecular weight is 312 g/mol. The Kier molecular flexibility index (Phi) is 4.11. The lowest BCUT2D eigenvalue weighted by molar-refractivity contribution is 0.511. The summed E-state index contributed by atoms with van der Waals surface area (Å²) in [6.45, 7) is 0. The van der Waals surface area contributed by atoms with Crippen molar-refractivity contribution in [2.75, 3.05) is 0 Å². The normalized spacial score (nSPS) is 11.3. The predicted molar refractivity (Wildman–Crippen MR) is 85.5 cm³/mol. The van der Waals surface area contributed by atoms with Gasteiger partial charge in [0, 0.05) is 5.39 Å². The lowest BCUT2D eigenvalue weighted by Crippen LogP contribution is -1.90. The maximum Gasteiger partial charge on any atom is 0.299 e. The summed E-state index contributed by atoms with van der Waals surface area (Å²) < 4.78 is 26.6. The molecule has 22 heavy (non-hydrogen) atoms. The van der Waals surface area contributed by atoms with Crippen molar-refractivity contribution in [3.63, 3.8) is 0 Å². The zero-order chi connectivity index (χ0) is 15.4. The molecule has 3 aromatic rings. The number of azo groups is 1. The SMILES string of the molecule is O=[SH](=O)Oc1ccc2ccccc2c1N=Nc1ccccc1. The molecule has 0 spiro atoms. The van der Waals surface area contributed by atoms with E-state index >= 15 is 0 Å². The van der Waals surface area contributed by atoms with Gasteiger partial charge in [0.2, 0.25) is 0 Å². The van der Waals surface area contributed by atoms with Gasteiger partial charge in [-0.15, -0.1) is 5.11 Å². The monoisotopic (exact) mass is 312 g/mol. The second-order valence-electron chi connectivity index (χ2n) is 4.48. The van der Waals surface area contributed by atoms with Gasteiger partial charge in [-0.05, 0) is 23.6 Å². The van der Waals surface area contributed by atoms with Gasteiger partial charge in [-0.3, -0.25) is 0 Å². The summed E-state index contributed by atoms with van der Waals surface area (Å²) in [4.78, 5) is 0. The number of benzene rings is 3. The summed E-state index contributed by atoms with van der Waals surface area (Å²) >= 11 is 0. The Balaban J connectivity index is 2.13. The fourth-order valence-electron chi connectivity index (χ4n) is 2.09. The van der Waals surface area contributed by atoms with Crippen LogP contribution in [-0.4, -0.2) is 8.42 Å². The molecule has 0 N–H and O–H groups in total. The number of thiol groups is 1. The average Bonchev–Trinajstić information content (AvgIpc) is 2.54. The van der Waals surface area contributed by atoms with Gasteiger partial charge >= 0.3 is 0 Å². The van der Waals surface area contributed by atoms with Gasteiger partial charge in [-0.25, -0.2) is 0 Å². The van der Waals surface area contributed by atoms with E-state index in [9.17, 15) is 8.42 Å². The van der Waals surface area contributed by atoms with E-state index in [1.807, 2.05) is 54.6 Å². The van der Waals surface area contributed by atoms with Crippen LogP contribution >= 0.6 is 0 Å². The summed E-state index contributed by atoms with van der Waals surface area (Å²) in [7, 11) is -3.01. The zero-order valence-electron chi connectivity index (χ0n) is 11.4. The van der Waals surface area contributed by atoms with Crippen LogP contribution in [-0.2, 0) is 11.0 Å². The van der Waals surface area contributed by atoms with Crippen LogP contribution in [0.3, 0.4) is 0 Å². The summed E-state index contributed by atoms with van der Waals surface area (Å²) in [5.74, 6) is 0.162. The lowest BCUT2D eigenvalue weighted by Gasteiger charge is -2.06. The largest absolute Gasteiger partial charge is 0.382 e. The van der Waals surface area contributed by atoms with Gasteiger partial charge < -0.3 is 4.18 Å². The van der Waals surface area contributed by atoms with E-state index in [1.165, 1.54) is 0 Å². The van der Waals surface area contributed by atoms with E-state index in [1.54, 1.807) is 12.1 Å². The molecule has 0 aliphatic rings. The molecule has 0 saturated carbocycles. The van der Waals surface area contributed by atoms with E-state index in [4.69, 9.17) is 4.18 Å². The van der Waals surface area contributed by atoms with E-state index in [2.05, 4.69) is 10.2 Å². The minimum absolute atomic E-state index is 0.162. The molecule has 0 unspecified atom stereocenters. The topological polar surface area (TPSA) is 68.1 Å². The highest BCUT2D eigenvalue weighted by Crippen LogP contribution is 2.37. The van der Waals surface area contributed by atoms with E-state index in [0.717, 1.165) is 10.8 Å². The van der Waals surface area contributed by atoms with Gasteiger partial charge in [0.25, 0.3) is 11.0 Å². The highest BCUT2D eigenvalue weighted by molar-refractivity contribution is 7.67.